The summed E-state index contributed by atoms with van der Waals surface area (Å²) in [5.74, 6) is 0.652. The molecule has 2 heterocycles. The Bertz CT molecular complexity index is 596. The number of anilines is 1. The van der Waals surface area contributed by atoms with Gasteiger partial charge < -0.3 is 10.3 Å². The minimum atomic E-state index is -0.172. The lowest BCUT2D eigenvalue weighted by atomic mass is 10.4. The predicted octanol–water partition coefficient (Wildman–Crippen LogP) is 0.901. The summed E-state index contributed by atoms with van der Waals surface area (Å²) in [5, 5.41) is 4.06. The highest BCUT2D eigenvalue weighted by Crippen LogP contribution is 2.08. The Kier molecular flexibility index (Phi) is 2.71. The lowest BCUT2D eigenvalue weighted by Crippen LogP contribution is -2.27. The third-order valence-electron chi connectivity index (χ3n) is 2.51. The first-order valence-electron chi connectivity index (χ1n) is 5.40. The predicted molar refractivity (Wildman–Crippen MR) is 65.2 cm³/mol. The maximum atomic E-state index is 12.2. The summed E-state index contributed by atoms with van der Waals surface area (Å²) in [6, 6.07) is 1.78. The van der Waals surface area contributed by atoms with Crippen molar-refractivity contribution in [3.05, 3.63) is 34.5 Å². The number of hydrogen-bond acceptors (Lipinski definition) is 4. The van der Waals surface area contributed by atoms with Crippen molar-refractivity contribution in [1.29, 1.82) is 0 Å². The van der Waals surface area contributed by atoms with Crippen molar-refractivity contribution in [2.45, 2.75) is 26.8 Å². The van der Waals surface area contributed by atoms with Crippen LogP contribution in [0.25, 0.3) is 5.82 Å². The molecule has 2 aromatic rings. The van der Waals surface area contributed by atoms with E-state index in [-0.39, 0.29) is 17.4 Å². The third kappa shape index (κ3) is 1.93. The molecule has 17 heavy (non-hydrogen) atoms. The zero-order valence-corrected chi connectivity index (χ0v) is 10.1. The van der Waals surface area contributed by atoms with Gasteiger partial charge in [0.1, 0.15) is 5.82 Å². The van der Waals surface area contributed by atoms with Gasteiger partial charge in [0.15, 0.2) is 0 Å². The Morgan fingerprint density at radius 2 is 2.12 bits per heavy atom. The quantitative estimate of drug-likeness (QED) is 0.835. The minimum Gasteiger partial charge on any atom is -0.382 e. The normalized spacial score (nSPS) is 11.1. The third-order valence-corrected chi connectivity index (χ3v) is 2.51. The van der Waals surface area contributed by atoms with E-state index in [4.69, 9.17) is 5.73 Å². The van der Waals surface area contributed by atoms with Crippen molar-refractivity contribution < 1.29 is 0 Å². The average molecular weight is 233 g/mol. The fourth-order valence-electron chi connectivity index (χ4n) is 1.68. The molecule has 0 aliphatic heterocycles. The van der Waals surface area contributed by atoms with Gasteiger partial charge in [0.25, 0.3) is 5.56 Å². The Morgan fingerprint density at radius 1 is 1.41 bits per heavy atom. The van der Waals surface area contributed by atoms with E-state index >= 15 is 0 Å². The Balaban J connectivity index is 2.65. The Morgan fingerprint density at radius 3 is 2.65 bits per heavy atom. The van der Waals surface area contributed by atoms with Crippen LogP contribution < -0.4 is 11.3 Å². The lowest BCUT2D eigenvalue weighted by Gasteiger charge is -2.10. The first kappa shape index (κ1) is 11.4. The van der Waals surface area contributed by atoms with Crippen LogP contribution in [0.5, 0.6) is 0 Å². The number of rotatable bonds is 2. The molecule has 90 valence electrons. The summed E-state index contributed by atoms with van der Waals surface area (Å²) < 4.78 is 3.08. The van der Waals surface area contributed by atoms with Crippen LogP contribution in [0, 0.1) is 6.92 Å². The average Bonchev–Trinajstić information content (AvgIpc) is 2.57. The minimum absolute atomic E-state index is 0.0810. The highest BCUT2D eigenvalue weighted by atomic mass is 16.1. The summed E-state index contributed by atoms with van der Waals surface area (Å²) in [7, 11) is 0. The molecule has 0 radical (unpaired) electrons. The standard InChI is InChI=1S/C11H15N5O/c1-7(2)15-5-4-13-10(11(15)17)16-8(3)6-9(12)14-16/h4-7H,1-3H3,(H2,12,14). The van der Waals surface area contributed by atoms with Crippen LogP contribution in [-0.4, -0.2) is 19.3 Å². The SMILES string of the molecule is Cc1cc(N)nn1-c1nccn(C(C)C)c1=O. The van der Waals surface area contributed by atoms with Crippen molar-refractivity contribution in [3.63, 3.8) is 0 Å². The Hall–Kier alpha value is -2.11. The topological polar surface area (TPSA) is 78.7 Å². The molecule has 2 N–H and O–H groups in total. The van der Waals surface area contributed by atoms with Gasteiger partial charge >= 0.3 is 0 Å². The van der Waals surface area contributed by atoms with E-state index in [0.717, 1.165) is 5.69 Å². The highest BCUT2D eigenvalue weighted by Gasteiger charge is 2.12. The number of nitrogens with zero attached hydrogens (tertiary/aromatic N) is 4. The maximum absolute atomic E-state index is 12.2. The molecular weight excluding hydrogens is 218 g/mol. The Labute approximate surface area is 98.7 Å². The van der Waals surface area contributed by atoms with E-state index in [9.17, 15) is 4.79 Å². The largest absolute Gasteiger partial charge is 0.382 e. The summed E-state index contributed by atoms with van der Waals surface area (Å²) in [6.07, 6.45) is 3.26. The molecule has 0 atom stereocenters. The second-order valence-corrected chi connectivity index (χ2v) is 4.18. The molecule has 0 saturated carbocycles. The molecule has 0 aliphatic carbocycles. The monoisotopic (exact) mass is 233 g/mol. The molecule has 0 aromatic carbocycles. The first-order valence-corrected chi connectivity index (χ1v) is 5.40. The van der Waals surface area contributed by atoms with Crippen LogP contribution in [0.15, 0.2) is 23.3 Å². The molecule has 6 nitrogen and oxygen atoms in total. The van der Waals surface area contributed by atoms with Crippen LogP contribution in [0.2, 0.25) is 0 Å². The van der Waals surface area contributed by atoms with Crippen LogP contribution in [0.3, 0.4) is 0 Å². The zero-order chi connectivity index (χ0) is 12.6. The van der Waals surface area contributed by atoms with Gasteiger partial charge in [-0.2, -0.15) is 0 Å². The van der Waals surface area contributed by atoms with Crippen LogP contribution in [-0.2, 0) is 0 Å². The molecule has 2 aromatic heterocycles. The second-order valence-electron chi connectivity index (χ2n) is 4.18. The van der Waals surface area contributed by atoms with E-state index < -0.39 is 0 Å². The molecule has 0 unspecified atom stereocenters. The first-order chi connectivity index (χ1) is 8.00. The van der Waals surface area contributed by atoms with Gasteiger partial charge in [0.05, 0.1) is 0 Å². The van der Waals surface area contributed by atoms with Gasteiger partial charge in [-0.3, -0.25) is 4.79 Å². The van der Waals surface area contributed by atoms with Crippen molar-refractivity contribution >= 4 is 5.82 Å². The van der Waals surface area contributed by atoms with E-state index in [1.165, 1.54) is 4.68 Å². The van der Waals surface area contributed by atoms with Gasteiger partial charge in [-0.1, -0.05) is 0 Å². The van der Waals surface area contributed by atoms with Gasteiger partial charge in [-0.15, -0.1) is 5.10 Å². The van der Waals surface area contributed by atoms with Gasteiger partial charge in [-0.25, -0.2) is 9.67 Å². The summed E-state index contributed by atoms with van der Waals surface area (Å²) >= 11 is 0. The van der Waals surface area contributed by atoms with Crippen molar-refractivity contribution in [3.8, 4) is 5.82 Å². The number of aromatic nitrogens is 4. The smallest absolute Gasteiger partial charge is 0.295 e. The van der Waals surface area contributed by atoms with Gasteiger partial charge in [-0.05, 0) is 20.8 Å². The highest BCUT2D eigenvalue weighted by molar-refractivity contribution is 5.33. The fourth-order valence-corrected chi connectivity index (χ4v) is 1.68. The molecule has 0 bridgehead atoms. The molecule has 0 amide bonds. The van der Waals surface area contributed by atoms with Crippen LogP contribution in [0.4, 0.5) is 5.82 Å². The molecule has 0 fully saturated rings. The molecule has 0 spiro atoms. The number of aryl methyl sites for hydroxylation is 1. The summed E-state index contributed by atoms with van der Waals surface area (Å²) in [6.45, 7) is 5.71. The molecule has 0 aliphatic rings. The van der Waals surface area contributed by atoms with Gasteiger partial charge in [0.2, 0.25) is 5.82 Å². The van der Waals surface area contributed by atoms with E-state index in [2.05, 4.69) is 10.1 Å². The molecule has 2 rings (SSSR count). The van der Waals surface area contributed by atoms with E-state index in [0.29, 0.717) is 5.82 Å². The van der Waals surface area contributed by atoms with Crippen molar-refractivity contribution in [2.75, 3.05) is 5.73 Å². The second kappa shape index (κ2) is 4.04. The summed E-state index contributed by atoms with van der Waals surface area (Å²) in [5.41, 5.74) is 6.21. The van der Waals surface area contributed by atoms with Crippen molar-refractivity contribution in [2.24, 2.45) is 0 Å². The van der Waals surface area contributed by atoms with E-state index in [1.54, 1.807) is 23.0 Å². The van der Waals surface area contributed by atoms with Crippen LogP contribution >= 0.6 is 0 Å². The van der Waals surface area contributed by atoms with Crippen molar-refractivity contribution in [1.82, 2.24) is 19.3 Å². The summed E-state index contributed by atoms with van der Waals surface area (Å²) in [4.78, 5) is 16.2. The molecular formula is C11H15N5O. The number of nitrogens with two attached hydrogens (primary N) is 1. The number of hydrogen-bond donors (Lipinski definition) is 1. The van der Waals surface area contributed by atoms with E-state index in [1.807, 2.05) is 20.8 Å². The maximum Gasteiger partial charge on any atom is 0.295 e. The lowest BCUT2D eigenvalue weighted by molar-refractivity contribution is 0.566. The van der Waals surface area contributed by atoms with Gasteiger partial charge in [0, 0.05) is 30.2 Å². The van der Waals surface area contributed by atoms with Crippen LogP contribution in [0.1, 0.15) is 25.6 Å². The molecule has 6 heteroatoms. The number of nitrogen functional groups attached to an aromatic ring is 1. The molecule has 0 saturated heterocycles. The fraction of sp³-hybridized carbons (Fsp3) is 0.364. The zero-order valence-electron chi connectivity index (χ0n) is 10.1.